The summed E-state index contributed by atoms with van der Waals surface area (Å²) in [6.07, 6.45) is 2.66. The van der Waals surface area contributed by atoms with Crippen LogP contribution in [-0.4, -0.2) is 53.6 Å². The summed E-state index contributed by atoms with van der Waals surface area (Å²) in [5.41, 5.74) is 8.49. The summed E-state index contributed by atoms with van der Waals surface area (Å²) in [4.78, 5) is 22.1. The summed E-state index contributed by atoms with van der Waals surface area (Å²) in [7, 11) is 0. The second-order valence-electron chi connectivity index (χ2n) is 8.59. The molecule has 4 heterocycles. The highest BCUT2D eigenvalue weighted by atomic mass is 19.1. The van der Waals surface area contributed by atoms with Gasteiger partial charge in [-0.1, -0.05) is 6.92 Å². The average Bonchev–Trinajstić information content (AvgIpc) is 3.30. The average molecular weight is 468 g/mol. The minimum absolute atomic E-state index is 0.0506. The molecule has 10 heteroatoms. The Kier molecular flexibility index (Phi) is 5.60. The van der Waals surface area contributed by atoms with E-state index >= 15 is 4.39 Å². The number of carboxylic acid groups (broad SMARTS) is 1. The molecule has 178 valence electrons. The third-order valence-electron chi connectivity index (χ3n) is 6.69. The Morgan fingerprint density at radius 1 is 1.29 bits per heavy atom. The smallest absolute Gasteiger partial charge is 0.413 e. The minimum Gasteiger partial charge on any atom is -0.474 e. The number of aromatic nitrogens is 2. The number of halogens is 1. The number of nitrogens with one attached hydrogen (secondary N) is 1. The normalized spacial score (nSPS) is 19.4. The molecule has 0 spiro atoms. The Bertz CT molecular complexity index is 1280. The zero-order valence-electron chi connectivity index (χ0n) is 19.0. The van der Waals surface area contributed by atoms with Crippen LogP contribution in [0.3, 0.4) is 0 Å². The van der Waals surface area contributed by atoms with Crippen LogP contribution in [-0.2, 0) is 4.74 Å². The van der Waals surface area contributed by atoms with Crippen molar-refractivity contribution >= 4 is 34.1 Å². The second-order valence-corrected chi connectivity index (χ2v) is 8.59. The first-order chi connectivity index (χ1) is 16.4. The van der Waals surface area contributed by atoms with Crippen LogP contribution in [0.5, 0.6) is 5.88 Å². The molecule has 2 unspecified atom stereocenters. The molecule has 3 aromatic rings. The van der Waals surface area contributed by atoms with E-state index in [1.165, 1.54) is 11.1 Å². The molecule has 9 nitrogen and oxygen atoms in total. The van der Waals surface area contributed by atoms with Gasteiger partial charge < -0.3 is 25.6 Å². The van der Waals surface area contributed by atoms with Crippen LogP contribution in [0.4, 0.5) is 26.4 Å². The number of hydrogen-bond acceptors (Lipinski definition) is 7. The maximum absolute atomic E-state index is 15.4. The van der Waals surface area contributed by atoms with Crippen molar-refractivity contribution in [1.29, 1.82) is 0 Å². The zero-order chi connectivity index (χ0) is 24.0. The van der Waals surface area contributed by atoms with Crippen molar-refractivity contribution in [2.24, 2.45) is 5.92 Å². The standard InChI is InChI=1S/C24H26FN5O4/c1-3-13-10-33-11-18(13)30(24(31)32)19-7-14-6-15(20(25)21(26)17(14)9-28-19)16-8-29-23-22(12(16)2)27-4-5-34-23/h6-9,13,18,27H,3-5,10-11,26H2,1-2H3,(H,31,32). The fraction of sp³-hybridized carbons (Fsp3) is 0.375. The summed E-state index contributed by atoms with van der Waals surface area (Å²) in [5, 5.41) is 14.2. The van der Waals surface area contributed by atoms with E-state index in [1.54, 1.807) is 18.3 Å². The van der Waals surface area contributed by atoms with Crippen molar-refractivity contribution in [3.8, 4) is 17.0 Å². The zero-order valence-corrected chi connectivity index (χ0v) is 19.0. The lowest BCUT2D eigenvalue weighted by Gasteiger charge is -2.28. The van der Waals surface area contributed by atoms with E-state index in [4.69, 9.17) is 15.2 Å². The van der Waals surface area contributed by atoms with Gasteiger partial charge in [0.2, 0.25) is 5.88 Å². The van der Waals surface area contributed by atoms with Gasteiger partial charge in [0.1, 0.15) is 18.1 Å². The number of nitrogens with two attached hydrogens (primary N) is 1. The van der Waals surface area contributed by atoms with E-state index < -0.39 is 11.9 Å². The van der Waals surface area contributed by atoms with Crippen LogP contribution in [0, 0.1) is 18.7 Å². The van der Waals surface area contributed by atoms with Crippen molar-refractivity contribution in [1.82, 2.24) is 9.97 Å². The predicted molar refractivity (Wildman–Crippen MR) is 127 cm³/mol. The number of anilines is 3. The Labute approximate surface area is 195 Å². The quantitative estimate of drug-likeness (QED) is 0.492. The van der Waals surface area contributed by atoms with Crippen molar-refractivity contribution in [3.05, 3.63) is 35.9 Å². The van der Waals surface area contributed by atoms with Crippen LogP contribution in [0.2, 0.25) is 0 Å². The minimum atomic E-state index is -1.11. The maximum atomic E-state index is 15.4. The summed E-state index contributed by atoms with van der Waals surface area (Å²) in [6, 6.07) is 2.95. The number of pyridine rings is 2. The highest BCUT2D eigenvalue weighted by molar-refractivity contribution is 5.99. The van der Waals surface area contributed by atoms with Gasteiger partial charge >= 0.3 is 6.09 Å². The van der Waals surface area contributed by atoms with E-state index in [0.29, 0.717) is 48.6 Å². The highest BCUT2D eigenvalue weighted by Gasteiger charge is 2.36. The van der Waals surface area contributed by atoms with Gasteiger partial charge in [-0.3, -0.25) is 4.90 Å². The largest absolute Gasteiger partial charge is 0.474 e. The Morgan fingerprint density at radius 2 is 2.12 bits per heavy atom. The first kappa shape index (κ1) is 22.1. The lowest BCUT2D eigenvalue weighted by atomic mass is 9.96. The monoisotopic (exact) mass is 467 g/mol. The van der Waals surface area contributed by atoms with Crippen LogP contribution < -0.4 is 20.7 Å². The van der Waals surface area contributed by atoms with E-state index in [-0.39, 0.29) is 29.0 Å². The first-order valence-electron chi connectivity index (χ1n) is 11.2. The number of rotatable bonds is 4. The van der Waals surface area contributed by atoms with E-state index in [1.807, 2.05) is 13.8 Å². The molecule has 1 aromatic carbocycles. The van der Waals surface area contributed by atoms with Gasteiger partial charge in [-0.2, -0.15) is 0 Å². The van der Waals surface area contributed by atoms with E-state index in [2.05, 4.69) is 15.3 Å². The van der Waals surface area contributed by atoms with Crippen LogP contribution in [0.25, 0.3) is 21.9 Å². The summed E-state index contributed by atoms with van der Waals surface area (Å²) in [5.74, 6) is 0.228. The maximum Gasteiger partial charge on any atom is 0.413 e. The fourth-order valence-electron chi connectivity index (χ4n) is 4.78. The third-order valence-corrected chi connectivity index (χ3v) is 6.69. The molecule has 2 aliphatic rings. The SMILES string of the molecule is CCC1COCC1N(C(=O)O)c1cc2cc(-c3cnc4c(c3C)NCCO4)c(F)c(N)c2cn1. The molecule has 1 amide bonds. The summed E-state index contributed by atoms with van der Waals surface area (Å²) >= 11 is 0. The predicted octanol–water partition coefficient (Wildman–Crippen LogP) is 4.04. The number of hydrogen-bond donors (Lipinski definition) is 3. The second kappa shape index (κ2) is 8.60. The summed E-state index contributed by atoms with van der Waals surface area (Å²) in [6.45, 7) is 5.82. The lowest BCUT2D eigenvalue weighted by Crippen LogP contribution is -2.44. The number of benzene rings is 1. The van der Waals surface area contributed by atoms with E-state index in [9.17, 15) is 9.90 Å². The van der Waals surface area contributed by atoms with Gasteiger partial charge in [-0.05, 0) is 36.4 Å². The molecule has 2 atom stereocenters. The van der Waals surface area contributed by atoms with Gasteiger partial charge in [-0.25, -0.2) is 19.2 Å². The number of amides is 1. The van der Waals surface area contributed by atoms with Gasteiger partial charge in [0.05, 0.1) is 24.9 Å². The Morgan fingerprint density at radius 3 is 2.88 bits per heavy atom. The number of nitrogens with zero attached hydrogens (tertiary/aromatic N) is 3. The molecule has 4 N–H and O–H groups in total. The number of carbonyl (C=O) groups is 1. The van der Waals surface area contributed by atoms with Crippen molar-refractivity contribution in [3.63, 3.8) is 0 Å². The highest BCUT2D eigenvalue weighted by Crippen LogP contribution is 2.40. The molecule has 0 saturated carbocycles. The number of fused-ring (bicyclic) bond motifs is 2. The molecule has 0 aliphatic carbocycles. The fourth-order valence-corrected chi connectivity index (χ4v) is 4.78. The summed E-state index contributed by atoms with van der Waals surface area (Å²) < 4.78 is 26.5. The molecule has 1 fully saturated rings. The van der Waals surface area contributed by atoms with Gasteiger partial charge in [0.25, 0.3) is 0 Å². The first-order valence-corrected chi connectivity index (χ1v) is 11.2. The van der Waals surface area contributed by atoms with Crippen molar-refractivity contribution in [2.45, 2.75) is 26.3 Å². The van der Waals surface area contributed by atoms with Crippen LogP contribution >= 0.6 is 0 Å². The number of ether oxygens (including phenoxy) is 2. The molecule has 0 radical (unpaired) electrons. The van der Waals surface area contributed by atoms with E-state index in [0.717, 1.165) is 17.7 Å². The topological polar surface area (TPSA) is 123 Å². The molecular weight excluding hydrogens is 441 g/mol. The number of nitrogen functional groups attached to an aromatic ring is 1. The lowest BCUT2D eigenvalue weighted by molar-refractivity contribution is 0.179. The molecule has 2 aromatic heterocycles. The molecule has 0 bridgehead atoms. The molecule has 34 heavy (non-hydrogen) atoms. The molecule has 1 saturated heterocycles. The van der Waals surface area contributed by atoms with Crippen molar-refractivity contribution in [2.75, 3.05) is 42.3 Å². The molecule has 2 aliphatic heterocycles. The van der Waals surface area contributed by atoms with Gasteiger partial charge in [-0.15, -0.1) is 0 Å². The molecule has 5 rings (SSSR count). The van der Waals surface area contributed by atoms with Gasteiger partial charge in [0.15, 0.2) is 5.82 Å². The Hall–Kier alpha value is -3.66. The third kappa shape index (κ3) is 3.54. The van der Waals surface area contributed by atoms with Crippen LogP contribution in [0.15, 0.2) is 24.5 Å². The van der Waals surface area contributed by atoms with Crippen molar-refractivity contribution < 1.29 is 23.8 Å². The molecular formula is C24H26FN5O4. The van der Waals surface area contributed by atoms with Gasteiger partial charge in [0, 0.05) is 41.4 Å². The Balaban J connectivity index is 1.64. The van der Waals surface area contributed by atoms with Crippen LogP contribution in [0.1, 0.15) is 18.9 Å².